The highest BCUT2D eigenvalue weighted by Crippen LogP contribution is 2.24. The Balaban J connectivity index is 2.15. The summed E-state index contributed by atoms with van der Waals surface area (Å²) >= 11 is 0. The van der Waals surface area contributed by atoms with Crippen LogP contribution in [0.3, 0.4) is 0 Å². The van der Waals surface area contributed by atoms with Crippen molar-refractivity contribution in [3.63, 3.8) is 0 Å². The number of allylic oxidation sites excluding steroid dienone is 2. The minimum Gasteiger partial charge on any atom is -0.281 e. The van der Waals surface area contributed by atoms with E-state index in [2.05, 4.69) is 0 Å². The van der Waals surface area contributed by atoms with E-state index in [0.29, 0.717) is 17.9 Å². The summed E-state index contributed by atoms with van der Waals surface area (Å²) in [5, 5.41) is 10.1. The van der Waals surface area contributed by atoms with Crippen LogP contribution in [0.5, 0.6) is 0 Å². The molecule has 0 heterocycles. The first-order chi connectivity index (χ1) is 7.70. The quantitative estimate of drug-likeness (QED) is 0.473. The Labute approximate surface area is 92.8 Å². The van der Waals surface area contributed by atoms with E-state index < -0.39 is 11.7 Å². The first kappa shape index (κ1) is 10.8. The smallest absolute Gasteiger partial charge is 0.254 e. The van der Waals surface area contributed by atoms with Gasteiger partial charge in [0.15, 0.2) is 0 Å². The normalized spacial score (nSPS) is 15.4. The Morgan fingerprint density at radius 1 is 1.31 bits per heavy atom. The molecule has 0 fully saturated rings. The number of halogens is 1. The summed E-state index contributed by atoms with van der Waals surface area (Å²) in [5.41, 5.74) is -0.0978. The Kier molecular flexibility index (Phi) is 3.01. The summed E-state index contributed by atoms with van der Waals surface area (Å²) < 4.78 is 13.3. The van der Waals surface area contributed by atoms with Crippen LogP contribution in [-0.4, -0.2) is 11.1 Å². The second-order valence-electron chi connectivity index (χ2n) is 3.74. The summed E-state index contributed by atoms with van der Waals surface area (Å²) in [7, 11) is 0. The van der Waals surface area contributed by atoms with E-state index in [-0.39, 0.29) is 11.6 Å². The third kappa shape index (κ3) is 1.97. The molecule has 0 unspecified atom stereocenters. The van der Waals surface area contributed by atoms with Crippen LogP contribution in [0, 0.1) is 11.7 Å². The van der Waals surface area contributed by atoms with E-state index in [4.69, 9.17) is 0 Å². The van der Waals surface area contributed by atoms with E-state index in [1.54, 1.807) is 6.07 Å². The van der Waals surface area contributed by atoms with Crippen molar-refractivity contribution in [1.29, 1.82) is 0 Å². The van der Waals surface area contributed by atoms with Gasteiger partial charge in [0.1, 0.15) is 11.5 Å². The molecule has 4 heteroatoms. The molecular formula is C12H12FNO2. The number of carbonyl (C=O) groups excluding carboxylic acids is 1. The molecule has 16 heavy (non-hydrogen) atoms. The minimum absolute atomic E-state index is 0.0978. The van der Waals surface area contributed by atoms with E-state index in [1.807, 2.05) is 12.2 Å². The lowest BCUT2D eigenvalue weighted by atomic mass is 10.1. The van der Waals surface area contributed by atoms with Crippen molar-refractivity contribution >= 4 is 11.6 Å². The zero-order chi connectivity index (χ0) is 11.5. The van der Waals surface area contributed by atoms with Gasteiger partial charge in [-0.25, -0.2) is 4.39 Å². The number of para-hydroxylation sites is 1. The van der Waals surface area contributed by atoms with Crippen LogP contribution in [0.25, 0.3) is 0 Å². The Morgan fingerprint density at radius 2 is 1.94 bits per heavy atom. The van der Waals surface area contributed by atoms with Gasteiger partial charge in [0, 0.05) is 5.92 Å². The maximum Gasteiger partial charge on any atom is 0.254 e. The molecule has 0 spiro atoms. The lowest BCUT2D eigenvalue weighted by Crippen LogP contribution is -2.33. The first-order valence-corrected chi connectivity index (χ1v) is 5.12. The summed E-state index contributed by atoms with van der Waals surface area (Å²) in [6, 6.07) is 5.66. The topological polar surface area (TPSA) is 40.5 Å². The predicted octanol–water partition coefficient (Wildman–Crippen LogP) is 2.51. The number of anilines is 1. The number of hydroxylamine groups is 1. The van der Waals surface area contributed by atoms with E-state index >= 15 is 0 Å². The number of carbonyl (C=O) groups is 1. The van der Waals surface area contributed by atoms with Crippen molar-refractivity contribution in [2.24, 2.45) is 5.92 Å². The van der Waals surface area contributed by atoms with Gasteiger partial charge in [0.2, 0.25) is 0 Å². The third-order valence-electron chi connectivity index (χ3n) is 2.65. The summed E-state index contributed by atoms with van der Waals surface area (Å²) in [4.78, 5) is 11.8. The van der Waals surface area contributed by atoms with E-state index in [9.17, 15) is 14.4 Å². The predicted molar refractivity (Wildman–Crippen MR) is 57.5 cm³/mol. The van der Waals surface area contributed by atoms with Gasteiger partial charge in [0.25, 0.3) is 5.91 Å². The van der Waals surface area contributed by atoms with Gasteiger partial charge in [-0.2, -0.15) is 5.06 Å². The minimum atomic E-state index is -0.607. The fraction of sp³-hybridized carbons (Fsp3) is 0.250. The van der Waals surface area contributed by atoms with Gasteiger partial charge >= 0.3 is 0 Å². The van der Waals surface area contributed by atoms with Crippen molar-refractivity contribution in [1.82, 2.24) is 0 Å². The van der Waals surface area contributed by atoms with Crippen molar-refractivity contribution in [3.8, 4) is 0 Å². The maximum absolute atomic E-state index is 13.3. The first-order valence-electron chi connectivity index (χ1n) is 5.12. The van der Waals surface area contributed by atoms with Crippen LogP contribution in [0.2, 0.25) is 0 Å². The molecule has 0 atom stereocenters. The molecule has 1 aliphatic rings. The van der Waals surface area contributed by atoms with Gasteiger partial charge in [-0.3, -0.25) is 10.0 Å². The molecule has 84 valence electrons. The summed E-state index contributed by atoms with van der Waals surface area (Å²) in [6.07, 6.45) is 4.98. The number of rotatable bonds is 2. The number of benzene rings is 1. The highest BCUT2D eigenvalue weighted by atomic mass is 19.1. The molecule has 1 N–H and O–H groups in total. The van der Waals surface area contributed by atoms with Gasteiger partial charge in [-0.05, 0) is 25.0 Å². The highest BCUT2D eigenvalue weighted by Gasteiger charge is 2.26. The van der Waals surface area contributed by atoms with Gasteiger partial charge < -0.3 is 0 Å². The fourth-order valence-corrected chi connectivity index (χ4v) is 1.73. The number of hydrogen-bond donors (Lipinski definition) is 1. The standard InChI is InChI=1S/C12H12FNO2/c13-10-7-3-4-8-11(10)14(16)12(15)9-5-1-2-6-9/h1-4,7-9,16H,5-6H2. The van der Waals surface area contributed by atoms with Crippen LogP contribution in [0.1, 0.15) is 12.8 Å². The summed E-state index contributed by atoms with van der Waals surface area (Å²) in [6.45, 7) is 0. The molecule has 1 amide bonds. The molecule has 3 nitrogen and oxygen atoms in total. The number of hydrogen-bond acceptors (Lipinski definition) is 2. The fourth-order valence-electron chi connectivity index (χ4n) is 1.73. The van der Waals surface area contributed by atoms with Gasteiger partial charge in [-0.15, -0.1) is 0 Å². The average molecular weight is 221 g/mol. The Hall–Kier alpha value is -1.68. The molecule has 0 bridgehead atoms. The lowest BCUT2D eigenvalue weighted by Gasteiger charge is -2.19. The largest absolute Gasteiger partial charge is 0.281 e. The number of amides is 1. The molecule has 0 saturated carbocycles. The zero-order valence-electron chi connectivity index (χ0n) is 8.64. The van der Waals surface area contributed by atoms with Crippen LogP contribution >= 0.6 is 0 Å². The molecule has 0 aliphatic heterocycles. The Morgan fingerprint density at radius 3 is 2.56 bits per heavy atom. The van der Waals surface area contributed by atoms with Crippen LogP contribution < -0.4 is 5.06 Å². The highest BCUT2D eigenvalue weighted by molar-refractivity contribution is 5.93. The third-order valence-corrected chi connectivity index (χ3v) is 2.65. The molecule has 0 saturated heterocycles. The molecule has 0 aromatic heterocycles. The second kappa shape index (κ2) is 4.45. The van der Waals surface area contributed by atoms with Crippen LogP contribution in [0.4, 0.5) is 10.1 Å². The zero-order valence-corrected chi connectivity index (χ0v) is 8.64. The molecule has 1 aromatic rings. The maximum atomic E-state index is 13.3. The Bertz CT molecular complexity index is 423. The molecule has 1 aromatic carbocycles. The number of nitrogens with zero attached hydrogens (tertiary/aromatic N) is 1. The average Bonchev–Trinajstić information content (AvgIpc) is 2.81. The van der Waals surface area contributed by atoms with Crippen LogP contribution in [0.15, 0.2) is 36.4 Å². The SMILES string of the molecule is O=C(C1CC=CC1)N(O)c1ccccc1F. The van der Waals surface area contributed by atoms with Gasteiger partial charge in [0.05, 0.1) is 0 Å². The van der Waals surface area contributed by atoms with E-state index in [1.165, 1.54) is 18.2 Å². The molecular weight excluding hydrogens is 209 g/mol. The monoisotopic (exact) mass is 221 g/mol. The summed E-state index contributed by atoms with van der Waals surface area (Å²) in [5.74, 6) is -1.34. The molecule has 0 radical (unpaired) electrons. The van der Waals surface area contributed by atoms with Crippen molar-refractivity contribution < 1.29 is 14.4 Å². The second-order valence-corrected chi connectivity index (χ2v) is 3.74. The van der Waals surface area contributed by atoms with Crippen molar-refractivity contribution in [2.45, 2.75) is 12.8 Å². The van der Waals surface area contributed by atoms with Crippen molar-refractivity contribution in [2.75, 3.05) is 5.06 Å². The van der Waals surface area contributed by atoms with Crippen molar-refractivity contribution in [3.05, 3.63) is 42.2 Å². The van der Waals surface area contributed by atoms with Crippen LogP contribution in [-0.2, 0) is 4.79 Å². The lowest BCUT2D eigenvalue weighted by molar-refractivity contribution is -0.127. The van der Waals surface area contributed by atoms with Gasteiger partial charge in [-0.1, -0.05) is 24.3 Å². The molecule has 1 aliphatic carbocycles. The molecule has 2 rings (SSSR count). The van der Waals surface area contributed by atoms with E-state index in [0.717, 1.165) is 0 Å².